The maximum absolute atomic E-state index is 4.74. The fourth-order valence-electron chi connectivity index (χ4n) is 6.93. The van der Waals surface area contributed by atoms with Crippen molar-refractivity contribution in [3.63, 3.8) is 0 Å². The molecule has 9 aromatic rings. The lowest BCUT2D eigenvalue weighted by molar-refractivity contribution is 1.43. The van der Waals surface area contributed by atoms with Crippen LogP contribution in [0.3, 0.4) is 0 Å². The highest BCUT2D eigenvalue weighted by atomic mass is 14.6. The predicted molar refractivity (Wildman–Crippen MR) is 188 cm³/mol. The minimum atomic E-state index is 1.05. The molecule has 1 nitrogen and oxygen atoms in total. The molecule has 0 aliphatic carbocycles. The number of fused-ring (bicyclic) bond motifs is 9. The first-order valence-corrected chi connectivity index (χ1v) is 15.1. The van der Waals surface area contributed by atoms with Gasteiger partial charge >= 0.3 is 0 Å². The van der Waals surface area contributed by atoms with Crippen molar-refractivity contribution in [1.29, 1.82) is 0 Å². The Labute approximate surface area is 255 Å². The molecule has 9 rings (SSSR count). The smallest absolute Gasteiger partial charge is 0.0786 e. The summed E-state index contributed by atoms with van der Waals surface area (Å²) in [6.07, 6.45) is 1.88. The average molecular weight is 558 g/mol. The van der Waals surface area contributed by atoms with Crippen molar-refractivity contribution in [1.82, 2.24) is 4.98 Å². The van der Waals surface area contributed by atoms with Gasteiger partial charge in [0, 0.05) is 17.0 Å². The maximum atomic E-state index is 4.74. The van der Waals surface area contributed by atoms with Gasteiger partial charge in [0.2, 0.25) is 0 Å². The lowest BCUT2D eigenvalue weighted by Crippen LogP contribution is -1.87. The Balaban J connectivity index is 1.08. The molecule has 0 bridgehead atoms. The van der Waals surface area contributed by atoms with Gasteiger partial charge in [-0.3, -0.25) is 4.98 Å². The fourth-order valence-corrected chi connectivity index (χ4v) is 6.93. The summed E-state index contributed by atoms with van der Waals surface area (Å²) in [7, 11) is 0. The molecule has 0 aliphatic rings. The van der Waals surface area contributed by atoms with E-state index in [1.54, 1.807) is 0 Å². The van der Waals surface area contributed by atoms with E-state index in [1.165, 1.54) is 81.9 Å². The third kappa shape index (κ3) is 3.91. The molecule has 1 heteroatoms. The molecule has 204 valence electrons. The number of rotatable bonds is 3. The van der Waals surface area contributed by atoms with Crippen molar-refractivity contribution < 1.29 is 0 Å². The van der Waals surface area contributed by atoms with Gasteiger partial charge in [-0.25, -0.2) is 0 Å². The molecule has 0 amide bonds. The second kappa shape index (κ2) is 9.90. The van der Waals surface area contributed by atoms with Gasteiger partial charge in [-0.15, -0.1) is 0 Å². The van der Waals surface area contributed by atoms with Gasteiger partial charge in [-0.05, 0) is 89.3 Å². The van der Waals surface area contributed by atoms with Crippen LogP contribution in [0.1, 0.15) is 0 Å². The number of hydrogen-bond acceptors (Lipinski definition) is 1. The average Bonchev–Trinajstić information content (AvgIpc) is 3.11. The largest absolute Gasteiger partial charge is 0.256 e. The summed E-state index contributed by atoms with van der Waals surface area (Å²) in [6, 6.07) is 57.3. The highest BCUT2D eigenvalue weighted by molar-refractivity contribution is 6.25. The van der Waals surface area contributed by atoms with Crippen molar-refractivity contribution >= 4 is 54.0 Å². The molecular formula is C43H27N. The highest BCUT2D eigenvalue weighted by Gasteiger charge is 2.11. The Morgan fingerprint density at radius 3 is 1.39 bits per heavy atom. The van der Waals surface area contributed by atoms with Gasteiger partial charge in [0.25, 0.3) is 0 Å². The Morgan fingerprint density at radius 1 is 0.295 bits per heavy atom. The molecule has 0 saturated heterocycles. The van der Waals surface area contributed by atoms with Crippen LogP contribution in [0, 0.1) is 0 Å². The zero-order valence-corrected chi connectivity index (χ0v) is 24.0. The minimum absolute atomic E-state index is 1.05. The summed E-state index contributed by atoms with van der Waals surface area (Å²) < 4.78 is 0. The Hall–Kier alpha value is -5.79. The lowest BCUT2D eigenvalue weighted by atomic mass is 9.91. The van der Waals surface area contributed by atoms with Gasteiger partial charge in [0.05, 0.1) is 5.52 Å². The summed E-state index contributed by atoms with van der Waals surface area (Å²) >= 11 is 0. The van der Waals surface area contributed by atoms with E-state index in [0.29, 0.717) is 0 Å². The molecule has 44 heavy (non-hydrogen) atoms. The topological polar surface area (TPSA) is 12.9 Å². The highest BCUT2D eigenvalue weighted by Crippen LogP contribution is 2.38. The molecule has 0 unspecified atom stereocenters. The molecule has 1 aromatic heterocycles. The third-order valence-electron chi connectivity index (χ3n) is 9.11. The van der Waals surface area contributed by atoms with Gasteiger partial charge in [-0.2, -0.15) is 0 Å². The Kier molecular flexibility index (Phi) is 5.57. The molecule has 0 N–H and O–H groups in total. The number of pyridine rings is 1. The Morgan fingerprint density at radius 2 is 0.750 bits per heavy atom. The minimum Gasteiger partial charge on any atom is -0.256 e. The van der Waals surface area contributed by atoms with Crippen molar-refractivity contribution in [3.05, 3.63) is 164 Å². The number of hydrogen-bond donors (Lipinski definition) is 0. The van der Waals surface area contributed by atoms with Gasteiger partial charge in [0.15, 0.2) is 0 Å². The summed E-state index contributed by atoms with van der Waals surface area (Å²) in [5, 5.41) is 11.4. The van der Waals surface area contributed by atoms with Gasteiger partial charge in [0.1, 0.15) is 0 Å². The molecule has 0 spiro atoms. The van der Waals surface area contributed by atoms with Gasteiger partial charge < -0.3 is 0 Å². The molecule has 0 aliphatic heterocycles. The zero-order chi connectivity index (χ0) is 29.0. The van der Waals surface area contributed by atoms with Crippen LogP contribution in [0.25, 0.3) is 87.4 Å². The number of nitrogens with zero attached hydrogens (tertiary/aromatic N) is 1. The van der Waals surface area contributed by atoms with Crippen LogP contribution < -0.4 is 0 Å². The summed E-state index contributed by atoms with van der Waals surface area (Å²) in [4.78, 5) is 4.74. The molecule has 1 heterocycles. The van der Waals surface area contributed by atoms with E-state index < -0.39 is 0 Å². The van der Waals surface area contributed by atoms with Crippen LogP contribution in [-0.2, 0) is 0 Å². The molecule has 0 radical (unpaired) electrons. The van der Waals surface area contributed by atoms with E-state index in [9.17, 15) is 0 Å². The van der Waals surface area contributed by atoms with Crippen LogP contribution in [-0.4, -0.2) is 4.98 Å². The second-order valence-corrected chi connectivity index (χ2v) is 11.6. The second-order valence-electron chi connectivity index (χ2n) is 11.6. The van der Waals surface area contributed by atoms with Gasteiger partial charge in [-0.1, -0.05) is 140 Å². The van der Waals surface area contributed by atoms with Crippen LogP contribution in [0.15, 0.2) is 164 Å². The van der Waals surface area contributed by atoms with Crippen molar-refractivity contribution in [2.75, 3.05) is 0 Å². The zero-order valence-electron chi connectivity index (χ0n) is 24.0. The summed E-state index contributed by atoms with van der Waals surface area (Å²) in [5.74, 6) is 0. The predicted octanol–water partition coefficient (Wildman–Crippen LogP) is 11.8. The molecule has 0 fully saturated rings. The maximum Gasteiger partial charge on any atom is 0.0786 e. The lowest BCUT2D eigenvalue weighted by Gasteiger charge is -2.12. The van der Waals surface area contributed by atoms with E-state index >= 15 is 0 Å². The molecular weight excluding hydrogens is 530 g/mol. The van der Waals surface area contributed by atoms with E-state index in [0.717, 1.165) is 5.52 Å². The van der Waals surface area contributed by atoms with Crippen LogP contribution in [0.2, 0.25) is 0 Å². The SMILES string of the molecule is c1ccc2c(c1)cc(-c1ccc(-c3ccc(-c4ccc5c6ccccc6c6ccccc6c5c4)cc3)cc1)c1cccnc12. The van der Waals surface area contributed by atoms with Crippen molar-refractivity contribution in [2.45, 2.75) is 0 Å². The molecule has 0 atom stereocenters. The van der Waals surface area contributed by atoms with Crippen molar-refractivity contribution in [3.8, 4) is 33.4 Å². The molecule has 0 saturated carbocycles. The monoisotopic (exact) mass is 557 g/mol. The number of benzene rings is 8. The normalized spacial score (nSPS) is 11.6. The van der Waals surface area contributed by atoms with Crippen molar-refractivity contribution in [2.24, 2.45) is 0 Å². The fraction of sp³-hybridized carbons (Fsp3) is 0. The van der Waals surface area contributed by atoms with Crippen LogP contribution in [0.5, 0.6) is 0 Å². The summed E-state index contributed by atoms with van der Waals surface area (Å²) in [5.41, 5.74) is 8.34. The Bertz CT molecular complexity index is 2490. The van der Waals surface area contributed by atoms with E-state index in [1.807, 2.05) is 12.3 Å². The first-order valence-electron chi connectivity index (χ1n) is 15.1. The van der Waals surface area contributed by atoms with Crippen LogP contribution >= 0.6 is 0 Å². The third-order valence-corrected chi connectivity index (χ3v) is 9.11. The van der Waals surface area contributed by atoms with E-state index in [4.69, 9.17) is 4.98 Å². The standard InChI is InChI=1S/C43H27N/c1-2-9-34-33(8-1)27-41(40-14-7-25-44-43(34)40)31-21-19-29(20-22-31)28-15-17-30(18-16-28)32-23-24-39-37-12-4-3-10-35(37)36-11-5-6-13-38(36)42(39)26-32/h1-27H. The first kappa shape index (κ1) is 24.8. The van der Waals surface area contributed by atoms with E-state index in [2.05, 4.69) is 152 Å². The first-order chi connectivity index (χ1) is 21.8. The van der Waals surface area contributed by atoms with Crippen LogP contribution in [0.4, 0.5) is 0 Å². The quantitative estimate of drug-likeness (QED) is 0.197. The number of aromatic nitrogens is 1. The summed E-state index contributed by atoms with van der Waals surface area (Å²) in [6.45, 7) is 0. The molecule has 8 aromatic carbocycles. The van der Waals surface area contributed by atoms with E-state index in [-0.39, 0.29) is 0 Å².